The Balaban J connectivity index is 1.89. The van der Waals surface area contributed by atoms with Crippen LogP contribution in [0.1, 0.15) is 43.2 Å². The van der Waals surface area contributed by atoms with Crippen LogP contribution in [0.2, 0.25) is 0 Å². The second-order valence-electron chi connectivity index (χ2n) is 5.94. The van der Waals surface area contributed by atoms with Crippen LogP contribution in [0.5, 0.6) is 5.75 Å². The Kier molecular flexibility index (Phi) is 5.86. The van der Waals surface area contributed by atoms with Crippen LogP contribution in [0.15, 0.2) is 18.2 Å². The molecule has 0 radical (unpaired) electrons. The molecule has 1 aromatic rings. The molecule has 1 atom stereocenters. The lowest BCUT2D eigenvalue weighted by molar-refractivity contribution is 0.0847. The van der Waals surface area contributed by atoms with Gasteiger partial charge in [0.15, 0.2) is 0 Å². The second kappa shape index (κ2) is 7.65. The van der Waals surface area contributed by atoms with E-state index in [9.17, 15) is 5.11 Å². The van der Waals surface area contributed by atoms with Gasteiger partial charge < -0.3 is 15.2 Å². The van der Waals surface area contributed by atoms with Gasteiger partial charge in [0, 0.05) is 12.1 Å². The molecule has 0 saturated heterocycles. The fourth-order valence-corrected chi connectivity index (χ4v) is 3.13. The summed E-state index contributed by atoms with van der Waals surface area (Å²) in [6.45, 7) is 3.24. The van der Waals surface area contributed by atoms with Gasteiger partial charge in [-0.05, 0) is 31.9 Å². The van der Waals surface area contributed by atoms with Crippen LogP contribution in [-0.4, -0.2) is 24.9 Å². The van der Waals surface area contributed by atoms with Crippen LogP contribution in [0, 0.1) is 12.8 Å². The normalized spacial score (nSPS) is 17.4. The molecule has 2 N–H and O–H groups in total. The summed E-state index contributed by atoms with van der Waals surface area (Å²) in [7, 11) is 1.93. The highest BCUT2D eigenvalue weighted by Crippen LogP contribution is 2.29. The van der Waals surface area contributed by atoms with E-state index in [0.717, 1.165) is 29.8 Å². The number of rotatable bonds is 7. The third-order valence-corrected chi connectivity index (χ3v) is 4.16. The van der Waals surface area contributed by atoms with Gasteiger partial charge in [0.25, 0.3) is 0 Å². The molecule has 1 fully saturated rings. The van der Waals surface area contributed by atoms with Crippen molar-refractivity contribution in [2.45, 2.75) is 51.7 Å². The molecule has 3 nitrogen and oxygen atoms in total. The molecule has 1 aromatic carbocycles. The highest BCUT2D eigenvalue weighted by molar-refractivity contribution is 5.40. The van der Waals surface area contributed by atoms with Gasteiger partial charge >= 0.3 is 0 Å². The van der Waals surface area contributed by atoms with Gasteiger partial charge in [-0.15, -0.1) is 0 Å². The number of hydrogen-bond donors (Lipinski definition) is 2. The van der Waals surface area contributed by atoms with Crippen molar-refractivity contribution in [3.8, 4) is 5.75 Å². The summed E-state index contributed by atoms with van der Waals surface area (Å²) < 4.78 is 5.90. The van der Waals surface area contributed by atoms with Crippen molar-refractivity contribution < 1.29 is 9.84 Å². The molecule has 3 heteroatoms. The van der Waals surface area contributed by atoms with Gasteiger partial charge in [0.05, 0.1) is 6.10 Å². The molecule has 112 valence electrons. The van der Waals surface area contributed by atoms with E-state index in [4.69, 9.17) is 4.74 Å². The third-order valence-electron chi connectivity index (χ3n) is 4.16. The van der Waals surface area contributed by atoms with Crippen molar-refractivity contribution in [2.75, 3.05) is 13.7 Å². The third kappa shape index (κ3) is 4.22. The number of benzene rings is 1. The van der Waals surface area contributed by atoms with Crippen molar-refractivity contribution in [3.63, 3.8) is 0 Å². The molecule has 0 spiro atoms. The average molecular weight is 277 g/mol. The average Bonchev–Trinajstić information content (AvgIpc) is 2.91. The highest BCUT2D eigenvalue weighted by Gasteiger charge is 2.19. The van der Waals surface area contributed by atoms with E-state index >= 15 is 0 Å². The molecule has 1 unspecified atom stereocenters. The molecule has 0 amide bonds. The Morgan fingerprint density at radius 1 is 1.35 bits per heavy atom. The Morgan fingerprint density at radius 3 is 2.80 bits per heavy atom. The number of para-hydroxylation sites is 1. The monoisotopic (exact) mass is 277 g/mol. The Morgan fingerprint density at radius 2 is 2.10 bits per heavy atom. The number of hydrogen-bond acceptors (Lipinski definition) is 3. The van der Waals surface area contributed by atoms with Crippen LogP contribution in [0.4, 0.5) is 0 Å². The van der Waals surface area contributed by atoms with E-state index < -0.39 is 0 Å². The molecule has 0 heterocycles. The van der Waals surface area contributed by atoms with Crippen molar-refractivity contribution in [2.24, 2.45) is 5.92 Å². The van der Waals surface area contributed by atoms with Gasteiger partial charge in [-0.25, -0.2) is 0 Å². The molecule has 2 rings (SSSR count). The topological polar surface area (TPSA) is 41.5 Å². The quantitative estimate of drug-likeness (QED) is 0.805. The minimum atomic E-state index is -0.347. The van der Waals surface area contributed by atoms with Gasteiger partial charge in [-0.3, -0.25) is 0 Å². The lowest BCUT2D eigenvalue weighted by Crippen LogP contribution is -2.21. The Labute approximate surface area is 122 Å². The number of aliphatic hydroxyl groups excluding tert-OH is 1. The van der Waals surface area contributed by atoms with Gasteiger partial charge in [0.1, 0.15) is 12.4 Å². The summed E-state index contributed by atoms with van der Waals surface area (Å²) in [6, 6.07) is 6.17. The maximum Gasteiger partial charge on any atom is 0.126 e. The zero-order valence-corrected chi connectivity index (χ0v) is 12.7. The minimum absolute atomic E-state index is 0.347. The zero-order chi connectivity index (χ0) is 14.4. The van der Waals surface area contributed by atoms with Crippen molar-refractivity contribution >= 4 is 0 Å². The largest absolute Gasteiger partial charge is 0.490 e. The number of aryl methyl sites for hydroxylation is 1. The lowest BCUT2D eigenvalue weighted by atomic mass is 10.0. The Hall–Kier alpha value is -1.06. The second-order valence-corrected chi connectivity index (χ2v) is 5.94. The molecule has 0 aliphatic heterocycles. The summed E-state index contributed by atoms with van der Waals surface area (Å²) in [4.78, 5) is 0. The summed E-state index contributed by atoms with van der Waals surface area (Å²) in [5.74, 6) is 1.62. The van der Waals surface area contributed by atoms with E-state index in [0.29, 0.717) is 12.5 Å². The summed E-state index contributed by atoms with van der Waals surface area (Å²) in [6.07, 6.45) is 5.72. The number of nitrogens with one attached hydrogen (secondary N) is 1. The maximum atomic E-state index is 10.1. The molecule has 20 heavy (non-hydrogen) atoms. The number of aliphatic hydroxyl groups is 1. The fourth-order valence-electron chi connectivity index (χ4n) is 3.13. The highest BCUT2D eigenvalue weighted by atomic mass is 16.5. The summed E-state index contributed by atoms with van der Waals surface area (Å²) in [5, 5.41) is 13.3. The lowest BCUT2D eigenvalue weighted by Gasteiger charge is -2.19. The predicted octanol–water partition coefficient (Wildman–Crippen LogP) is 3.03. The molecule has 0 aromatic heterocycles. The molecular weight excluding hydrogens is 250 g/mol. The summed E-state index contributed by atoms with van der Waals surface area (Å²) in [5.41, 5.74) is 2.28. The number of ether oxygens (including phenoxy) is 1. The van der Waals surface area contributed by atoms with Crippen LogP contribution < -0.4 is 10.1 Å². The van der Waals surface area contributed by atoms with Crippen LogP contribution in [0.3, 0.4) is 0 Å². The first-order chi connectivity index (χ1) is 9.70. The first-order valence-electron chi connectivity index (χ1n) is 7.74. The first-order valence-corrected chi connectivity index (χ1v) is 7.74. The molecule has 0 bridgehead atoms. The predicted molar refractivity (Wildman–Crippen MR) is 82.0 cm³/mol. The van der Waals surface area contributed by atoms with E-state index in [2.05, 4.69) is 24.4 Å². The van der Waals surface area contributed by atoms with Crippen LogP contribution in [0.25, 0.3) is 0 Å². The van der Waals surface area contributed by atoms with E-state index in [1.807, 2.05) is 13.1 Å². The SMILES string of the molecule is CNCc1cccc(C)c1OCC(O)CC1CCCC1. The fraction of sp³-hybridized carbons (Fsp3) is 0.647. The van der Waals surface area contributed by atoms with Crippen LogP contribution >= 0.6 is 0 Å². The molecule has 1 saturated carbocycles. The zero-order valence-electron chi connectivity index (χ0n) is 12.7. The maximum absolute atomic E-state index is 10.1. The molecular formula is C17H27NO2. The van der Waals surface area contributed by atoms with E-state index in [-0.39, 0.29) is 6.10 Å². The standard InChI is InChI=1S/C17H27NO2/c1-13-6-5-9-15(11-18-2)17(13)20-12-16(19)10-14-7-3-4-8-14/h5-6,9,14,16,18-19H,3-4,7-8,10-12H2,1-2H3. The summed E-state index contributed by atoms with van der Waals surface area (Å²) >= 11 is 0. The van der Waals surface area contributed by atoms with Gasteiger partial charge in [-0.1, -0.05) is 43.9 Å². The Bertz CT molecular complexity index is 413. The van der Waals surface area contributed by atoms with Crippen molar-refractivity contribution in [3.05, 3.63) is 29.3 Å². The van der Waals surface area contributed by atoms with Crippen molar-refractivity contribution in [1.82, 2.24) is 5.32 Å². The van der Waals surface area contributed by atoms with E-state index in [1.54, 1.807) is 0 Å². The van der Waals surface area contributed by atoms with Crippen LogP contribution in [-0.2, 0) is 6.54 Å². The van der Waals surface area contributed by atoms with Gasteiger partial charge in [0.2, 0.25) is 0 Å². The first kappa shape index (κ1) is 15.3. The smallest absolute Gasteiger partial charge is 0.126 e. The molecule has 1 aliphatic rings. The molecule has 1 aliphatic carbocycles. The van der Waals surface area contributed by atoms with E-state index in [1.165, 1.54) is 25.7 Å². The van der Waals surface area contributed by atoms with Gasteiger partial charge in [-0.2, -0.15) is 0 Å². The van der Waals surface area contributed by atoms with Crippen molar-refractivity contribution in [1.29, 1.82) is 0 Å². The minimum Gasteiger partial charge on any atom is -0.490 e.